The van der Waals surface area contributed by atoms with E-state index in [2.05, 4.69) is 10.1 Å². The molecule has 1 aliphatic rings. The number of ether oxygens (including phenoxy) is 1. The molecule has 1 aromatic rings. The summed E-state index contributed by atoms with van der Waals surface area (Å²) in [6, 6.07) is 3.69. The third-order valence-electron chi connectivity index (χ3n) is 3.36. The molecule has 1 aromatic carbocycles. The molecule has 1 heterocycles. The maximum Gasteiger partial charge on any atom is 0.573 e. The predicted octanol–water partition coefficient (Wildman–Crippen LogP) is 4.19. The zero-order valence-electron chi connectivity index (χ0n) is 10.8. The summed E-state index contributed by atoms with van der Waals surface area (Å²) in [5, 5.41) is 2.65. The molecule has 8 heteroatoms. The van der Waals surface area contributed by atoms with Gasteiger partial charge in [-0.15, -0.1) is 13.2 Å². The van der Waals surface area contributed by atoms with Crippen molar-refractivity contribution in [3.8, 4) is 5.75 Å². The average molecular weight is 313 g/mol. The van der Waals surface area contributed by atoms with E-state index in [4.69, 9.17) is 0 Å². The van der Waals surface area contributed by atoms with Crippen LogP contribution in [0.5, 0.6) is 5.75 Å². The first kappa shape index (κ1) is 15.9. The van der Waals surface area contributed by atoms with Crippen LogP contribution in [0.25, 0.3) is 0 Å². The highest BCUT2D eigenvalue weighted by atomic mass is 19.4. The zero-order chi connectivity index (χ0) is 15.7. The number of nitrogens with one attached hydrogen (secondary N) is 1. The quantitative estimate of drug-likeness (QED) is 0.827. The van der Waals surface area contributed by atoms with Crippen molar-refractivity contribution in [2.75, 3.05) is 6.54 Å². The highest BCUT2D eigenvalue weighted by Crippen LogP contribution is 2.44. The normalized spacial score (nSPS) is 23.9. The van der Waals surface area contributed by atoms with Gasteiger partial charge in [0, 0.05) is 11.6 Å². The average Bonchev–Trinajstić information content (AvgIpc) is 2.36. The second-order valence-electron chi connectivity index (χ2n) is 4.81. The summed E-state index contributed by atoms with van der Waals surface area (Å²) in [7, 11) is 0. The van der Waals surface area contributed by atoms with E-state index in [1.807, 2.05) is 0 Å². The fourth-order valence-corrected chi connectivity index (χ4v) is 2.52. The molecule has 0 aliphatic carbocycles. The van der Waals surface area contributed by atoms with E-state index in [1.54, 1.807) is 0 Å². The Morgan fingerprint density at radius 2 is 1.71 bits per heavy atom. The van der Waals surface area contributed by atoms with Crippen LogP contribution in [-0.4, -0.2) is 19.1 Å². The summed E-state index contributed by atoms with van der Waals surface area (Å²) in [5.41, 5.74) is -0.128. The molecule has 2 atom stereocenters. The van der Waals surface area contributed by atoms with E-state index < -0.39 is 30.2 Å². The topological polar surface area (TPSA) is 21.3 Å². The monoisotopic (exact) mass is 313 g/mol. The molecule has 1 fully saturated rings. The Morgan fingerprint density at radius 1 is 1.05 bits per heavy atom. The zero-order valence-corrected chi connectivity index (χ0v) is 10.8. The highest BCUT2D eigenvalue weighted by Gasteiger charge is 2.47. The summed E-state index contributed by atoms with van der Waals surface area (Å²) in [6.45, 7) is 0.317. The molecule has 0 radical (unpaired) electrons. The molecule has 2 unspecified atom stereocenters. The maximum absolute atomic E-state index is 13.0. The van der Waals surface area contributed by atoms with Gasteiger partial charge in [-0.3, -0.25) is 0 Å². The minimum Gasteiger partial charge on any atom is -0.405 e. The Morgan fingerprint density at radius 3 is 2.33 bits per heavy atom. The van der Waals surface area contributed by atoms with Gasteiger partial charge in [-0.1, -0.05) is 18.2 Å². The second-order valence-corrected chi connectivity index (χ2v) is 4.81. The summed E-state index contributed by atoms with van der Waals surface area (Å²) in [6.07, 6.45) is -9.23. The lowest BCUT2D eigenvalue weighted by molar-refractivity contribution is -0.275. The largest absolute Gasteiger partial charge is 0.573 e. The Kier molecular flexibility index (Phi) is 4.36. The lowest BCUT2D eigenvalue weighted by Crippen LogP contribution is -2.41. The smallest absolute Gasteiger partial charge is 0.405 e. The van der Waals surface area contributed by atoms with Crippen LogP contribution >= 0.6 is 0 Å². The van der Waals surface area contributed by atoms with Gasteiger partial charge in [0.05, 0.1) is 5.92 Å². The number of halogens is 6. The molecule has 0 spiro atoms. The van der Waals surface area contributed by atoms with Gasteiger partial charge in [0.15, 0.2) is 0 Å². The van der Waals surface area contributed by atoms with Gasteiger partial charge in [-0.2, -0.15) is 13.2 Å². The van der Waals surface area contributed by atoms with Crippen LogP contribution in [0.2, 0.25) is 0 Å². The first-order valence-electron chi connectivity index (χ1n) is 6.33. The molecule has 1 saturated heterocycles. The van der Waals surface area contributed by atoms with Crippen molar-refractivity contribution in [2.45, 2.75) is 31.4 Å². The van der Waals surface area contributed by atoms with Crippen molar-refractivity contribution in [1.82, 2.24) is 5.32 Å². The van der Waals surface area contributed by atoms with Gasteiger partial charge in [0.2, 0.25) is 0 Å². The van der Waals surface area contributed by atoms with Crippen LogP contribution < -0.4 is 10.1 Å². The molecule has 0 amide bonds. The highest BCUT2D eigenvalue weighted by molar-refractivity contribution is 5.37. The Hall–Kier alpha value is -1.44. The lowest BCUT2D eigenvalue weighted by Gasteiger charge is -2.35. The third-order valence-corrected chi connectivity index (χ3v) is 3.36. The van der Waals surface area contributed by atoms with Gasteiger partial charge < -0.3 is 10.1 Å². The van der Waals surface area contributed by atoms with Gasteiger partial charge in [0.25, 0.3) is 0 Å². The van der Waals surface area contributed by atoms with Crippen LogP contribution in [0.4, 0.5) is 26.3 Å². The molecule has 1 aliphatic heterocycles. The van der Waals surface area contributed by atoms with Crippen LogP contribution in [0.1, 0.15) is 24.4 Å². The Labute approximate surface area is 117 Å². The van der Waals surface area contributed by atoms with E-state index >= 15 is 0 Å². The molecule has 118 valence electrons. The third kappa shape index (κ3) is 4.03. The number of para-hydroxylation sites is 1. The molecule has 1 N–H and O–H groups in total. The number of hydrogen-bond acceptors (Lipinski definition) is 2. The molecular weight excluding hydrogens is 300 g/mol. The molecule has 2 rings (SSSR count). The minimum atomic E-state index is -4.95. The van der Waals surface area contributed by atoms with E-state index in [9.17, 15) is 26.3 Å². The summed E-state index contributed by atoms with van der Waals surface area (Å²) >= 11 is 0. The summed E-state index contributed by atoms with van der Waals surface area (Å²) in [4.78, 5) is 0. The van der Waals surface area contributed by atoms with Crippen LogP contribution in [0, 0.1) is 5.92 Å². The fourth-order valence-electron chi connectivity index (χ4n) is 2.52. The predicted molar refractivity (Wildman–Crippen MR) is 62.6 cm³/mol. The maximum atomic E-state index is 13.0. The van der Waals surface area contributed by atoms with Crippen molar-refractivity contribution < 1.29 is 31.1 Å². The summed E-state index contributed by atoms with van der Waals surface area (Å²) in [5.74, 6) is -2.33. The second kappa shape index (κ2) is 5.75. The number of rotatable bonds is 2. The SMILES string of the molecule is FC(F)(F)Oc1ccccc1C1NCCCC1C(F)(F)F. The molecule has 0 saturated carbocycles. The van der Waals surface area contributed by atoms with Gasteiger partial charge in [0.1, 0.15) is 5.75 Å². The van der Waals surface area contributed by atoms with Crippen molar-refractivity contribution in [2.24, 2.45) is 5.92 Å². The van der Waals surface area contributed by atoms with Crippen molar-refractivity contribution >= 4 is 0 Å². The molecule has 21 heavy (non-hydrogen) atoms. The number of piperidine rings is 1. The van der Waals surface area contributed by atoms with E-state index in [-0.39, 0.29) is 12.0 Å². The van der Waals surface area contributed by atoms with E-state index in [0.717, 1.165) is 6.07 Å². The fraction of sp³-hybridized carbons (Fsp3) is 0.538. The minimum absolute atomic E-state index is 0.123. The standard InChI is InChI=1S/C13H13F6NO/c14-12(15,16)9-5-3-7-20-11(9)8-4-1-2-6-10(8)21-13(17,18)19/h1-2,4,6,9,11,20H,3,5,7H2. The van der Waals surface area contributed by atoms with Gasteiger partial charge in [-0.25, -0.2) is 0 Å². The van der Waals surface area contributed by atoms with E-state index in [1.165, 1.54) is 18.2 Å². The first-order chi connectivity index (χ1) is 9.68. The van der Waals surface area contributed by atoms with Crippen LogP contribution in [0.3, 0.4) is 0 Å². The van der Waals surface area contributed by atoms with Crippen molar-refractivity contribution in [3.05, 3.63) is 29.8 Å². The molecule has 0 bridgehead atoms. The molecule has 0 aromatic heterocycles. The van der Waals surface area contributed by atoms with Crippen molar-refractivity contribution in [1.29, 1.82) is 0 Å². The lowest BCUT2D eigenvalue weighted by atomic mass is 9.85. The Balaban J connectivity index is 2.35. The van der Waals surface area contributed by atoms with Gasteiger partial charge in [-0.05, 0) is 25.5 Å². The van der Waals surface area contributed by atoms with Crippen LogP contribution in [0.15, 0.2) is 24.3 Å². The summed E-state index contributed by atoms with van der Waals surface area (Å²) < 4.78 is 80.0. The van der Waals surface area contributed by atoms with Crippen molar-refractivity contribution in [3.63, 3.8) is 0 Å². The van der Waals surface area contributed by atoms with E-state index in [0.29, 0.717) is 13.0 Å². The number of alkyl halides is 6. The molecule has 2 nitrogen and oxygen atoms in total. The molecular formula is C13H13F6NO. The number of benzene rings is 1. The van der Waals surface area contributed by atoms with Crippen LogP contribution in [-0.2, 0) is 0 Å². The van der Waals surface area contributed by atoms with Gasteiger partial charge >= 0.3 is 12.5 Å². The number of hydrogen-bond donors (Lipinski definition) is 1. The Bertz CT molecular complexity index is 484. The first-order valence-corrected chi connectivity index (χ1v) is 6.33.